The molecule has 9 nitrogen and oxygen atoms in total. The lowest BCUT2D eigenvalue weighted by Gasteiger charge is -2.52. The molecule has 0 radical (unpaired) electrons. The quantitative estimate of drug-likeness (QED) is 0.341. The number of amides is 3. The molecule has 1 saturated carbocycles. The van der Waals surface area contributed by atoms with Gasteiger partial charge < -0.3 is 30.3 Å². The van der Waals surface area contributed by atoms with Crippen molar-refractivity contribution in [1.82, 2.24) is 20.4 Å². The number of rotatable bonds is 12. The van der Waals surface area contributed by atoms with Gasteiger partial charge in [-0.25, -0.2) is 0 Å². The molecular formula is C31H48N4O5. The molecule has 1 aromatic carbocycles. The number of carbonyl (C=O) groups is 3. The number of nitrogens with zero attached hydrogens (tertiary/aromatic N) is 2. The van der Waals surface area contributed by atoms with Crippen LogP contribution in [0, 0.1) is 0 Å². The predicted octanol–water partition coefficient (Wildman–Crippen LogP) is 3.25. The molecule has 3 aliphatic rings. The van der Waals surface area contributed by atoms with E-state index in [2.05, 4.69) is 22.5 Å². The number of benzene rings is 1. The first-order valence-corrected chi connectivity index (χ1v) is 15.3. The second-order valence-electron chi connectivity index (χ2n) is 11.9. The van der Waals surface area contributed by atoms with Crippen molar-refractivity contribution in [2.45, 2.75) is 101 Å². The van der Waals surface area contributed by atoms with E-state index in [1.807, 2.05) is 17.0 Å². The normalized spacial score (nSPS) is 22.7. The van der Waals surface area contributed by atoms with Gasteiger partial charge in [0.2, 0.25) is 11.8 Å². The summed E-state index contributed by atoms with van der Waals surface area (Å²) in [6.45, 7) is 5.73. The Labute approximate surface area is 239 Å². The molecule has 40 heavy (non-hydrogen) atoms. The summed E-state index contributed by atoms with van der Waals surface area (Å²) < 4.78 is 5.86. The Morgan fingerprint density at radius 3 is 2.52 bits per heavy atom. The zero-order valence-corrected chi connectivity index (χ0v) is 24.4. The molecule has 0 unspecified atom stereocenters. The van der Waals surface area contributed by atoms with Gasteiger partial charge >= 0.3 is 0 Å². The summed E-state index contributed by atoms with van der Waals surface area (Å²) in [5, 5.41) is 16.8. The van der Waals surface area contributed by atoms with Crippen LogP contribution in [0.1, 0.15) is 94.3 Å². The van der Waals surface area contributed by atoms with Crippen LogP contribution in [0.2, 0.25) is 0 Å². The summed E-state index contributed by atoms with van der Waals surface area (Å²) in [6.07, 6.45) is 9.74. The second kappa shape index (κ2) is 13.8. The van der Waals surface area contributed by atoms with Crippen LogP contribution in [-0.2, 0) is 9.59 Å². The van der Waals surface area contributed by atoms with Crippen molar-refractivity contribution in [2.75, 3.05) is 39.8 Å². The summed E-state index contributed by atoms with van der Waals surface area (Å²) in [5.41, 5.74) is -1.06. The molecule has 2 saturated heterocycles. The van der Waals surface area contributed by atoms with Crippen LogP contribution in [0.5, 0.6) is 5.75 Å². The average Bonchev–Trinajstić information content (AvgIpc) is 2.96. The summed E-state index contributed by atoms with van der Waals surface area (Å²) in [5.74, 6) is 0.500. The number of piperidine rings is 1. The molecule has 2 heterocycles. The van der Waals surface area contributed by atoms with Gasteiger partial charge in [-0.1, -0.05) is 38.7 Å². The largest absolute Gasteiger partial charge is 0.494 e. The SMILES string of the molecule is CCCCN1C(=O)[C@@H](CC2(O)CCCCC2)NC(=O)C12CCN(CCCCOc1cccc(C(=O)NC)c1)CC2. The van der Waals surface area contributed by atoms with Gasteiger partial charge in [0.15, 0.2) is 0 Å². The number of hydrogen-bond acceptors (Lipinski definition) is 6. The molecule has 222 valence electrons. The van der Waals surface area contributed by atoms with Crippen molar-refractivity contribution in [3.63, 3.8) is 0 Å². The minimum absolute atomic E-state index is 0.0156. The van der Waals surface area contributed by atoms with Crippen molar-refractivity contribution in [3.05, 3.63) is 29.8 Å². The highest BCUT2D eigenvalue weighted by molar-refractivity contribution is 6.00. The third kappa shape index (κ3) is 7.16. The zero-order valence-electron chi connectivity index (χ0n) is 24.4. The minimum atomic E-state index is -0.854. The molecule has 3 amide bonds. The van der Waals surface area contributed by atoms with Crippen LogP contribution in [-0.4, -0.2) is 89.6 Å². The van der Waals surface area contributed by atoms with Crippen LogP contribution in [0.25, 0.3) is 0 Å². The number of piperazine rings is 1. The Hall–Kier alpha value is -2.65. The van der Waals surface area contributed by atoms with E-state index in [1.165, 1.54) is 0 Å². The van der Waals surface area contributed by atoms with Crippen molar-refractivity contribution >= 4 is 17.7 Å². The van der Waals surface area contributed by atoms with Crippen LogP contribution in [0.4, 0.5) is 0 Å². The lowest BCUT2D eigenvalue weighted by molar-refractivity contribution is -0.163. The standard InChI is InChI=1S/C31H48N4O5/c1-3-4-18-35-28(37)26(23-30(39)13-6-5-7-14-30)33-29(38)31(35)15-19-34(20-16-31)17-8-9-21-40-25-12-10-11-24(22-25)27(36)32-2/h10-12,22,26,39H,3-9,13-21,23H2,1-2H3,(H,32,36)(H,33,38)/t26-/m1/s1. The molecule has 1 aliphatic carbocycles. The number of unbranched alkanes of at least 4 members (excludes halogenated alkanes) is 2. The molecular weight excluding hydrogens is 508 g/mol. The molecule has 3 N–H and O–H groups in total. The lowest BCUT2D eigenvalue weighted by Crippen LogP contribution is -2.73. The van der Waals surface area contributed by atoms with Crippen LogP contribution in [0.3, 0.4) is 0 Å². The Balaban J connectivity index is 1.27. The third-order valence-corrected chi connectivity index (χ3v) is 9.06. The van der Waals surface area contributed by atoms with Crippen LogP contribution < -0.4 is 15.4 Å². The maximum atomic E-state index is 13.7. The monoisotopic (exact) mass is 556 g/mol. The fourth-order valence-electron chi connectivity index (χ4n) is 6.59. The Morgan fingerprint density at radius 2 is 1.82 bits per heavy atom. The zero-order chi connectivity index (χ0) is 28.6. The van der Waals surface area contributed by atoms with E-state index in [4.69, 9.17) is 4.74 Å². The topological polar surface area (TPSA) is 111 Å². The molecule has 2 aliphatic heterocycles. The van der Waals surface area contributed by atoms with E-state index in [9.17, 15) is 19.5 Å². The van der Waals surface area contributed by atoms with Crippen LogP contribution >= 0.6 is 0 Å². The minimum Gasteiger partial charge on any atom is -0.494 e. The van der Waals surface area contributed by atoms with Crippen LogP contribution in [0.15, 0.2) is 24.3 Å². The molecule has 1 spiro atoms. The van der Waals surface area contributed by atoms with Crippen molar-refractivity contribution < 1.29 is 24.2 Å². The first-order chi connectivity index (χ1) is 19.3. The number of nitrogens with one attached hydrogen (secondary N) is 2. The molecule has 3 fully saturated rings. The highest BCUT2D eigenvalue weighted by Gasteiger charge is 2.54. The fraction of sp³-hybridized carbons (Fsp3) is 0.710. The van der Waals surface area contributed by atoms with Gasteiger partial charge in [0, 0.05) is 38.7 Å². The third-order valence-electron chi connectivity index (χ3n) is 9.06. The van der Waals surface area contributed by atoms with E-state index in [0.29, 0.717) is 56.6 Å². The molecule has 1 aromatic rings. The Morgan fingerprint density at radius 1 is 1.07 bits per heavy atom. The van der Waals surface area contributed by atoms with Crippen molar-refractivity contribution in [2.24, 2.45) is 0 Å². The first-order valence-electron chi connectivity index (χ1n) is 15.3. The number of likely N-dealkylation sites (tertiary alicyclic amines) is 1. The molecule has 0 bridgehead atoms. The van der Waals surface area contributed by atoms with Gasteiger partial charge in [-0.15, -0.1) is 0 Å². The van der Waals surface area contributed by atoms with Gasteiger partial charge in [-0.2, -0.15) is 0 Å². The van der Waals surface area contributed by atoms with E-state index in [-0.39, 0.29) is 17.7 Å². The summed E-state index contributed by atoms with van der Waals surface area (Å²) in [4.78, 5) is 43.4. The van der Waals surface area contributed by atoms with Crippen molar-refractivity contribution in [1.29, 1.82) is 0 Å². The summed E-state index contributed by atoms with van der Waals surface area (Å²) >= 11 is 0. The van der Waals surface area contributed by atoms with Crippen molar-refractivity contribution in [3.8, 4) is 5.75 Å². The fourth-order valence-corrected chi connectivity index (χ4v) is 6.59. The first kappa shape index (κ1) is 30.3. The maximum absolute atomic E-state index is 13.7. The van der Waals surface area contributed by atoms with E-state index >= 15 is 0 Å². The van der Waals surface area contributed by atoms with Gasteiger partial charge in [0.1, 0.15) is 17.3 Å². The summed E-state index contributed by atoms with van der Waals surface area (Å²) in [7, 11) is 1.61. The molecule has 1 atom stereocenters. The predicted molar refractivity (Wildman–Crippen MR) is 154 cm³/mol. The highest BCUT2D eigenvalue weighted by Crippen LogP contribution is 2.37. The van der Waals surface area contributed by atoms with Gasteiger partial charge in [-0.05, 0) is 69.7 Å². The molecule has 0 aromatic heterocycles. The second-order valence-corrected chi connectivity index (χ2v) is 11.9. The number of carbonyl (C=O) groups excluding carboxylic acids is 3. The molecule has 9 heteroatoms. The lowest BCUT2D eigenvalue weighted by atomic mass is 9.77. The highest BCUT2D eigenvalue weighted by atomic mass is 16.5. The Bertz CT molecular complexity index is 1020. The maximum Gasteiger partial charge on any atom is 0.251 e. The van der Waals surface area contributed by atoms with E-state index in [1.54, 1.807) is 19.2 Å². The van der Waals surface area contributed by atoms with Gasteiger partial charge in [-0.3, -0.25) is 14.4 Å². The van der Waals surface area contributed by atoms with E-state index < -0.39 is 17.2 Å². The smallest absolute Gasteiger partial charge is 0.251 e. The number of ether oxygens (including phenoxy) is 1. The average molecular weight is 557 g/mol. The Kier molecular flexibility index (Phi) is 10.5. The molecule has 4 rings (SSSR count). The van der Waals surface area contributed by atoms with Gasteiger partial charge in [0.25, 0.3) is 5.91 Å². The van der Waals surface area contributed by atoms with Gasteiger partial charge in [0.05, 0.1) is 12.2 Å². The number of hydrogen-bond donors (Lipinski definition) is 3. The van der Waals surface area contributed by atoms with E-state index in [0.717, 1.165) is 64.6 Å². The summed E-state index contributed by atoms with van der Waals surface area (Å²) in [6, 6.07) is 6.56. The number of aliphatic hydroxyl groups is 1.